The summed E-state index contributed by atoms with van der Waals surface area (Å²) in [7, 11) is -13.9. The van der Waals surface area contributed by atoms with E-state index in [1.54, 1.807) is 86.0 Å². The summed E-state index contributed by atoms with van der Waals surface area (Å²) >= 11 is 0. The Kier molecular flexibility index (Phi) is 10.9. The highest BCUT2D eigenvalue weighted by molar-refractivity contribution is 8.67. The van der Waals surface area contributed by atoms with Gasteiger partial charge >= 0.3 is 0 Å². The minimum Gasteiger partial charge on any atom is -0.871 e. The van der Waals surface area contributed by atoms with Crippen molar-refractivity contribution in [1.82, 2.24) is 0 Å². The topological polar surface area (TPSA) is 183 Å². The van der Waals surface area contributed by atoms with Crippen LogP contribution in [0, 0.1) is 0 Å². The van der Waals surface area contributed by atoms with Crippen molar-refractivity contribution in [3.8, 4) is 0 Å². The van der Waals surface area contributed by atoms with Crippen molar-refractivity contribution in [2.75, 3.05) is 55.1 Å². The predicted molar refractivity (Wildman–Crippen MR) is 169 cm³/mol. The van der Waals surface area contributed by atoms with Crippen molar-refractivity contribution in [3.05, 3.63) is 71.0 Å². The summed E-state index contributed by atoms with van der Waals surface area (Å²) in [5.74, 6) is -2.92. The van der Waals surface area contributed by atoms with Gasteiger partial charge in [-0.05, 0) is 48.3 Å². The van der Waals surface area contributed by atoms with Crippen LogP contribution in [0.15, 0.2) is 65.5 Å². The summed E-state index contributed by atoms with van der Waals surface area (Å²) in [5.41, 5.74) is 1.90. The number of Topliss-reactive ketones (excluding diaryl/α,β-unsaturated/α-hetero) is 1. The number of anilines is 1. The van der Waals surface area contributed by atoms with Gasteiger partial charge < -0.3 is 10.0 Å². The first-order valence-electron chi connectivity index (χ1n) is 13.8. The number of hydrogen-bond acceptors (Lipinski definition) is 11. The number of benzene rings is 1. The fraction of sp³-hybridized carbons (Fsp3) is 0.429. The van der Waals surface area contributed by atoms with Crippen LogP contribution in [0.1, 0.15) is 32.3 Å². The molecule has 0 fully saturated rings. The van der Waals surface area contributed by atoms with Gasteiger partial charge in [-0.2, -0.15) is 0 Å². The van der Waals surface area contributed by atoms with E-state index in [0.29, 0.717) is 22.5 Å². The van der Waals surface area contributed by atoms with Gasteiger partial charge in [0.05, 0.1) is 17.3 Å². The molecule has 242 valence electrons. The van der Waals surface area contributed by atoms with Gasteiger partial charge in [0.15, 0.2) is 18.0 Å². The number of ketones is 1. The van der Waals surface area contributed by atoms with E-state index in [1.165, 1.54) is 0 Å². The standard InChI is InChI=1S/C28H36N2O10S4/c1-5-17-41(33,34)43(37,38)19-15-29(3)23-11-7-21(8-12-23)25-27(31)26(28(25)32)22-9-13-24(14-10-22)30(4)16-20-44(39,40)42(35,36)18-6-2/h7-14H,5-6,15-20H2,1-4H3. The highest BCUT2D eigenvalue weighted by Gasteiger charge is 2.32. The van der Waals surface area contributed by atoms with Crippen molar-refractivity contribution >= 4 is 58.2 Å². The summed E-state index contributed by atoms with van der Waals surface area (Å²) in [6.07, 6.45) is 6.71. The van der Waals surface area contributed by atoms with Crippen molar-refractivity contribution < 1.29 is 48.1 Å². The average Bonchev–Trinajstić information content (AvgIpc) is 2.95. The second kappa shape index (κ2) is 13.5. The molecule has 1 aromatic carbocycles. The average molecular weight is 689 g/mol. The van der Waals surface area contributed by atoms with Gasteiger partial charge in [0, 0.05) is 42.6 Å². The maximum absolute atomic E-state index is 13.0. The van der Waals surface area contributed by atoms with E-state index in [-0.39, 0.29) is 37.1 Å². The van der Waals surface area contributed by atoms with Crippen molar-refractivity contribution in [2.24, 2.45) is 0 Å². The lowest BCUT2D eigenvalue weighted by atomic mass is 9.80. The lowest BCUT2D eigenvalue weighted by molar-refractivity contribution is -0.490. The molecule has 3 rings (SSSR count). The second-order valence-electron chi connectivity index (χ2n) is 10.4. The Balaban J connectivity index is 1.71. The molecule has 0 heterocycles. The quantitative estimate of drug-likeness (QED) is 0.152. The largest absolute Gasteiger partial charge is 0.871 e. The van der Waals surface area contributed by atoms with Crippen LogP contribution < -0.4 is 10.0 Å². The molecule has 0 atom stereocenters. The molecule has 12 nitrogen and oxygen atoms in total. The lowest BCUT2D eigenvalue weighted by Crippen LogP contribution is -2.31. The molecule has 2 aliphatic rings. The molecule has 0 aromatic heterocycles. The zero-order chi connectivity index (χ0) is 33.1. The zero-order valence-corrected chi connectivity index (χ0v) is 28.2. The number of nitrogens with zero attached hydrogens (tertiary/aromatic N) is 2. The molecule has 0 saturated carbocycles. The fourth-order valence-electron chi connectivity index (χ4n) is 4.45. The summed E-state index contributed by atoms with van der Waals surface area (Å²) in [4.78, 5) is 14.5. The molecule has 0 spiro atoms. The number of carbonyl (C=O) groups excluding carboxylic acids is 1. The van der Waals surface area contributed by atoms with E-state index in [9.17, 15) is 43.6 Å². The lowest BCUT2D eigenvalue weighted by Gasteiger charge is -2.32. The summed E-state index contributed by atoms with van der Waals surface area (Å²) in [5, 5.41) is 13.0. The highest BCUT2D eigenvalue weighted by Crippen LogP contribution is 2.37. The molecule has 0 aliphatic heterocycles. The van der Waals surface area contributed by atoms with Crippen LogP contribution in [-0.4, -0.2) is 99.9 Å². The van der Waals surface area contributed by atoms with Crippen LogP contribution in [0.3, 0.4) is 0 Å². The summed E-state index contributed by atoms with van der Waals surface area (Å²) in [6.45, 7) is 3.02. The van der Waals surface area contributed by atoms with Crippen LogP contribution in [0.25, 0.3) is 5.57 Å². The van der Waals surface area contributed by atoms with Crippen molar-refractivity contribution in [2.45, 2.75) is 26.7 Å². The monoisotopic (exact) mass is 688 g/mol. The molecule has 2 aliphatic carbocycles. The van der Waals surface area contributed by atoms with Gasteiger partial charge in [0.2, 0.25) is 0 Å². The van der Waals surface area contributed by atoms with Crippen LogP contribution >= 0.6 is 0 Å². The highest BCUT2D eigenvalue weighted by atomic mass is 33.2. The van der Waals surface area contributed by atoms with Crippen LogP contribution in [-0.2, 0) is 40.3 Å². The van der Waals surface area contributed by atoms with E-state index < -0.39 is 70.0 Å². The van der Waals surface area contributed by atoms with Gasteiger partial charge in [0.25, 0.3) is 35.5 Å². The number of allylic oxidation sites excluding steroid dienone is 7. The number of carbonyl (C=O) groups is 1. The van der Waals surface area contributed by atoms with Crippen molar-refractivity contribution in [3.63, 3.8) is 0 Å². The molecular weight excluding hydrogens is 653 g/mol. The normalized spacial score (nSPS) is 16.0. The fourth-order valence-corrected chi connectivity index (χ4v) is 12.0. The Hall–Kier alpha value is -3.08. The zero-order valence-electron chi connectivity index (χ0n) is 24.9. The van der Waals surface area contributed by atoms with E-state index in [1.807, 2.05) is 0 Å². The predicted octanol–water partition coefficient (Wildman–Crippen LogP) is 0.592. The van der Waals surface area contributed by atoms with E-state index in [0.717, 1.165) is 0 Å². The summed E-state index contributed by atoms with van der Waals surface area (Å²) in [6, 6.07) is 6.32. The minimum absolute atomic E-state index is 0.00197. The molecule has 0 amide bonds. The molecule has 0 bridgehead atoms. The SMILES string of the molecule is CCCS(=O)(=O)S(=O)(=O)CCN(C)c1ccc(C2=C([O-])C(=C3C=CC(=[N+](C)CCS(=O)(=O)S(=O)(=O)CCC)C=C3)C2=O)cc1. The molecule has 0 N–H and O–H groups in total. The molecule has 0 unspecified atom stereocenters. The van der Waals surface area contributed by atoms with Gasteiger partial charge in [-0.1, -0.05) is 31.7 Å². The van der Waals surface area contributed by atoms with Crippen LogP contribution in [0.4, 0.5) is 5.69 Å². The van der Waals surface area contributed by atoms with Crippen molar-refractivity contribution in [1.29, 1.82) is 0 Å². The Morgan fingerprint density at radius 3 is 1.66 bits per heavy atom. The van der Waals surface area contributed by atoms with E-state index in [4.69, 9.17) is 0 Å². The molecule has 16 heteroatoms. The third kappa shape index (κ3) is 7.41. The smallest absolute Gasteiger partial charge is 0.259 e. The number of rotatable bonds is 14. The third-order valence-electron chi connectivity index (χ3n) is 7.14. The molecule has 0 saturated heterocycles. The van der Waals surface area contributed by atoms with Gasteiger partial charge in [-0.25, -0.2) is 38.2 Å². The second-order valence-corrected chi connectivity index (χ2v) is 22.6. The molecule has 1 aromatic rings. The van der Waals surface area contributed by atoms with Crippen LogP contribution in [0.2, 0.25) is 0 Å². The van der Waals surface area contributed by atoms with E-state index in [2.05, 4.69) is 0 Å². The van der Waals surface area contributed by atoms with Gasteiger partial charge in [0.1, 0.15) is 12.8 Å². The maximum atomic E-state index is 13.0. The first-order chi connectivity index (χ1) is 20.4. The minimum atomic E-state index is -4.33. The summed E-state index contributed by atoms with van der Waals surface area (Å²) < 4.78 is 98.4. The third-order valence-corrected chi connectivity index (χ3v) is 18.5. The number of hydrogen-bond donors (Lipinski definition) is 0. The molecule has 44 heavy (non-hydrogen) atoms. The van der Waals surface area contributed by atoms with E-state index >= 15 is 0 Å². The Morgan fingerprint density at radius 1 is 0.705 bits per heavy atom. The molecule has 0 radical (unpaired) electrons. The van der Waals surface area contributed by atoms with Crippen LogP contribution in [0.5, 0.6) is 0 Å². The maximum Gasteiger partial charge on any atom is 0.259 e. The Bertz CT molecular complexity index is 1900. The Labute approximate surface area is 258 Å². The Morgan fingerprint density at radius 2 is 1.18 bits per heavy atom. The van der Waals surface area contributed by atoms with Gasteiger partial charge in [-0.3, -0.25) is 4.79 Å². The first-order valence-corrected chi connectivity index (χ1v) is 21.4. The molecular formula is C28H36N2O10S4. The first kappa shape index (κ1) is 35.4. The van der Waals surface area contributed by atoms with Gasteiger partial charge in [-0.15, -0.1) is 0 Å².